The molecule has 1 heterocycles. The zero-order chi connectivity index (χ0) is 39.3. The number of hydrogen-bond acceptors (Lipinski definition) is 9. The van der Waals surface area contributed by atoms with E-state index in [2.05, 4.69) is 74.6 Å². The summed E-state index contributed by atoms with van der Waals surface area (Å²) in [6, 6.07) is 0. The van der Waals surface area contributed by atoms with Crippen molar-refractivity contribution in [2.45, 2.75) is 179 Å². The summed E-state index contributed by atoms with van der Waals surface area (Å²) in [4.78, 5) is 12.7. The van der Waals surface area contributed by atoms with Crippen molar-refractivity contribution in [3.8, 4) is 0 Å². The Morgan fingerprint density at radius 3 is 1.70 bits per heavy atom. The van der Waals surface area contributed by atoms with E-state index < -0.39 is 49.4 Å². The van der Waals surface area contributed by atoms with Crippen LogP contribution in [-0.2, 0) is 23.7 Å². The average molecular weight is 761 g/mol. The standard InChI is InChI=1S/C45H76O9/c1-3-5-7-9-11-13-15-17-18-19-20-21-23-25-27-29-31-33-35-51-37-39(38-52-45-44(50)43(49)42(48)40(36-46)54-45)53-41(47)34-32-30-28-26-24-22-16-14-12-10-8-6-4-2/h6,8,11-14,17-18,22,24,28,30,39-40,42-46,48-50H,3-5,7,9-10,15-16,19-21,23,25-27,29,31-38H2,1-2H3/b8-6-,13-11-,14-12-,18-17-,24-22-,30-28-. The number of esters is 1. The number of aliphatic hydroxyl groups excluding tert-OH is 4. The minimum absolute atomic E-state index is 0.108. The first-order valence-electron chi connectivity index (χ1n) is 21.0. The average Bonchev–Trinajstić information content (AvgIpc) is 3.17. The Balaban J connectivity index is 2.33. The first-order chi connectivity index (χ1) is 26.4. The van der Waals surface area contributed by atoms with E-state index in [0.717, 1.165) is 57.8 Å². The van der Waals surface area contributed by atoms with Crippen molar-refractivity contribution in [3.63, 3.8) is 0 Å². The highest BCUT2D eigenvalue weighted by Gasteiger charge is 2.44. The number of carbonyl (C=O) groups excluding carboxylic acids is 1. The number of ether oxygens (including phenoxy) is 4. The van der Waals surface area contributed by atoms with Crippen LogP contribution >= 0.6 is 0 Å². The summed E-state index contributed by atoms with van der Waals surface area (Å²) in [5.41, 5.74) is 0. The maximum atomic E-state index is 12.7. The molecule has 0 radical (unpaired) electrons. The number of carbonyl (C=O) groups is 1. The molecule has 4 N–H and O–H groups in total. The van der Waals surface area contributed by atoms with Crippen LogP contribution in [0.3, 0.4) is 0 Å². The predicted octanol–water partition coefficient (Wildman–Crippen LogP) is 8.91. The van der Waals surface area contributed by atoms with Gasteiger partial charge in [0.25, 0.3) is 0 Å². The van der Waals surface area contributed by atoms with Gasteiger partial charge in [-0.15, -0.1) is 0 Å². The lowest BCUT2D eigenvalue weighted by Crippen LogP contribution is -2.59. The molecule has 9 nitrogen and oxygen atoms in total. The molecule has 6 atom stereocenters. The quantitative estimate of drug-likeness (QED) is 0.0288. The molecule has 1 saturated heterocycles. The van der Waals surface area contributed by atoms with E-state index in [1.807, 2.05) is 12.2 Å². The Kier molecular flexibility index (Phi) is 33.4. The molecular formula is C45H76O9. The lowest BCUT2D eigenvalue weighted by molar-refractivity contribution is -0.305. The van der Waals surface area contributed by atoms with Crippen LogP contribution in [0.4, 0.5) is 0 Å². The predicted molar refractivity (Wildman–Crippen MR) is 219 cm³/mol. The summed E-state index contributed by atoms with van der Waals surface area (Å²) in [7, 11) is 0. The third-order valence-electron chi connectivity index (χ3n) is 9.12. The Morgan fingerprint density at radius 1 is 0.611 bits per heavy atom. The molecule has 1 fully saturated rings. The van der Waals surface area contributed by atoms with Gasteiger partial charge in [-0.25, -0.2) is 0 Å². The van der Waals surface area contributed by atoms with E-state index in [9.17, 15) is 25.2 Å². The minimum atomic E-state index is -1.55. The van der Waals surface area contributed by atoms with Gasteiger partial charge in [0, 0.05) is 13.0 Å². The molecule has 6 unspecified atom stereocenters. The van der Waals surface area contributed by atoms with Gasteiger partial charge in [0.05, 0.1) is 19.8 Å². The Bertz CT molecular complexity index is 1050. The fourth-order valence-corrected chi connectivity index (χ4v) is 5.83. The summed E-state index contributed by atoms with van der Waals surface area (Å²) in [5.74, 6) is -0.398. The van der Waals surface area contributed by atoms with E-state index in [4.69, 9.17) is 18.9 Å². The van der Waals surface area contributed by atoms with E-state index in [1.54, 1.807) is 0 Å². The highest BCUT2D eigenvalue weighted by molar-refractivity contribution is 5.69. The Hall–Kier alpha value is -2.37. The molecule has 0 aromatic carbocycles. The van der Waals surface area contributed by atoms with E-state index in [-0.39, 0.29) is 19.6 Å². The van der Waals surface area contributed by atoms with Crippen LogP contribution in [0.5, 0.6) is 0 Å². The van der Waals surface area contributed by atoms with Gasteiger partial charge in [0.1, 0.15) is 30.5 Å². The van der Waals surface area contributed by atoms with Crippen molar-refractivity contribution in [2.24, 2.45) is 0 Å². The second kappa shape index (κ2) is 36.3. The van der Waals surface area contributed by atoms with Crippen molar-refractivity contribution in [2.75, 3.05) is 26.4 Å². The van der Waals surface area contributed by atoms with Gasteiger partial charge >= 0.3 is 5.97 Å². The SMILES string of the molecule is CC/C=C\C/C=C\C/C=C\C/C=C\CCC(=O)OC(COCCCCCCCCCC/C=C\C/C=C\CCCCC)COC1OC(CO)C(O)C(O)C1O. The van der Waals surface area contributed by atoms with Gasteiger partial charge in [0.2, 0.25) is 0 Å². The van der Waals surface area contributed by atoms with Crippen LogP contribution in [0.2, 0.25) is 0 Å². The van der Waals surface area contributed by atoms with Crippen LogP contribution in [0.15, 0.2) is 72.9 Å². The molecule has 0 aliphatic carbocycles. The van der Waals surface area contributed by atoms with Gasteiger partial charge in [-0.1, -0.05) is 138 Å². The second-order valence-electron chi connectivity index (χ2n) is 14.0. The van der Waals surface area contributed by atoms with Crippen molar-refractivity contribution in [1.29, 1.82) is 0 Å². The molecule has 0 amide bonds. The van der Waals surface area contributed by atoms with Crippen molar-refractivity contribution in [1.82, 2.24) is 0 Å². The molecule has 0 aromatic heterocycles. The van der Waals surface area contributed by atoms with Gasteiger partial charge in [-0.05, 0) is 70.6 Å². The molecule has 0 aromatic rings. The van der Waals surface area contributed by atoms with E-state index in [0.29, 0.717) is 13.0 Å². The molecule has 0 spiro atoms. The van der Waals surface area contributed by atoms with Crippen LogP contribution in [0, 0.1) is 0 Å². The van der Waals surface area contributed by atoms with Gasteiger partial charge < -0.3 is 39.4 Å². The lowest BCUT2D eigenvalue weighted by atomic mass is 9.99. The van der Waals surface area contributed by atoms with Crippen LogP contribution < -0.4 is 0 Å². The summed E-state index contributed by atoms with van der Waals surface area (Å²) in [6.45, 7) is 4.29. The molecule has 310 valence electrons. The Labute approximate surface area is 327 Å². The maximum absolute atomic E-state index is 12.7. The third-order valence-corrected chi connectivity index (χ3v) is 9.12. The van der Waals surface area contributed by atoms with Crippen LogP contribution in [-0.4, -0.2) is 89.6 Å². The molecule has 54 heavy (non-hydrogen) atoms. The second-order valence-corrected chi connectivity index (χ2v) is 14.0. The molecule has 0 saturated carbocycles. The lowest BCUT2D eigenvalue weighted by Gasteiger charge is -2.39. The molecule has 9 heteroatoms. The zero-order valence-electron chi connectivity index (χ0n) is 33.7. The van der Waals surface area contributed by atoms with Crippen molar-refractivity contribution < 1.29 is 44.2 Å². The number of allylic oxidation sites excluding steroid dienone is 12. The fourth-order valence-electron chi connectivity index (χ4n) is 5.83. The molecule has 1 rings (SSSR count). The molecule has 0 bridgehead atoms. The molecule has 1 aliphatic rings. The first kappa shape index (κ1) is 49.6. The normalized spacial score (nSPS) is 21.6. The smallest absolute Gasteiger partial charge is 0.306 e. The van der Waals surface area contributed by atoms with Gasteiger partial charge in [0.15, 0.2) is 6.29 Å². The van der Waals surface area contributed by atoms with Gasteiger partial charge in [-0.2, -0.15) is 0 Å². The van der Waals surface area contributed by atoms with Gasteiger partial charge in [-0.3, -0.25) is 4.79 Å². The summed E-state index contributed by atoms with van der Waals surface area (Å²) in [5, 5.41) is 40.0. The number of unbranched alkanes of at least 4 members (excludes halogenated alkanes) is 11. The van der Waals surface area contributed by atoms with Crippen molar-refractivity contribution in [3.05, 3.63) is 72.9 Å². The third kappa shape index (κ3) is 27.2. The zero-order valence-corrected chi connectivity index (χ0v) is 33.7. The van der Waals surface area contributed by atoms with E-state index in [1.165, 1.54) is 57.8 Å². The highest BCUT2D eigenvalue weighted by atomic mass is 16.7. The fraction of sp³-hybridized carbons (Fsp3) is 0.711. The molecular weight excluding hydrogens is 684 g/mol. The largest absolute Gasteiger partial charge is 0.457 e. The topological polar surface area (TPSA) is 135 Å². The number of rotatable bonds is 34. The monoisotopic (exact) mass is 761 g/mol. The summed E-state index contributed by atoms with van der Waals surface area (Å²) < 4.78 is 22.7. The van der Waals surface area contributed by atoms with Crippen LogP contribution in [0.25, 0.3) is 0 Å². The number of aliphatic hydroxyl groups is 4. The van der Waals surface area contributed by atoms with Crippen molar-refractivity contribution >= 4 is 5.97 Å². The maximum Gasteiger partial charge on any atom is 0.306 e. The summed E-state index contributed by atoms with van der Waals surface area (Å²) >= 11 is 0. The minimum Gasteiger partial charge on any atom is -0.457 e. The Morgan fingerprint density at radius 2 is 1.13 bits per heavy atom. The highest BCUT2D eigenvalue weighted by Crippen LogP contribution is 2.22. The molecule has 1 aliphatic heterocycles. The van der Waals surface area contributed by atoms with E-state index >= 15 is 0 Å². The van der Waals surface area contributed by atoms with Crippen LogP contribution in [0.1, 0.15) is 142 Å². The number of hydrogen-bond donors (Lipinski definition) is 4. The first-order valence-corrected chi connectivity index (χ1v) is 21.0. The summed E-state index contributed by atoms with van der Waals surface area (Å²) in [6.07, 6.45) is 39.4.